The molecule has 1 aliphatic rings. The molecule has 1 aromatic heterocycles. The number of piperidine rings is 1. The molecule has 0 aliphatic carbocycles. The molecule has 4 rings (SSSR count). The van der Waals surface area contributed by atoms with Crippen molar-refractivity contribution >= 4 is 27.5 Å². The third-order valence-electron chi connectivity index (χ3n) is 5.57. The summed E-state index contributed by atoms with van der Waals surface area (Å²) in [5, 5.41) is 18.2. The maximum absolute atomic E-state index is 10.6. The molecule has 1 aliphatic heterocycles. The minimum Gasteiger partial charge on any atom is -0.381 e. The van der Waals surface area contributed by atoms with E-state index in [0.717, 1.165) is 40.3 Å². The van der Waals surface area contributed by atoms with Gasteiger partial charge in [-0.1, -0.05) is 36.4 Å². The summed E-state index contributed by atoms with van der Waals surface area (Å²) in [7, 11) is 0. The molecular weight excluding hydrogens is 322 g/mol. The number of fused-ring (bicyclic) bond motifs is 2. The first-order valence-electron chi connectivity index (χ1n) is 9.31. The Morgan fingerprint density at radius 3 is 1.85 bits per heavy atom. The maximum Gasteiger partial charge on any atom is 0.0730 e. The van der Waals surface area contributed by atoms with E-state index in [1.54, 1.807) is 0 Å². The highest BCUT2D eigenvalue weighted by molar-refractivity contribution is 6.07. The third kappa shape index (κ3) is 2.83. The van der Waals surface area contributed by atoms with E-state index in [1.807, 2.05) is 12.1 Å². The zero-order chi connectivity index (χ0) is 18.5. The number of pyridine rings is 1. The van der Waals surface area contributed by atoms with Crippen LogP contribution in [0.1, 0.15) is 40.5 Å². The van der Waals surface area contributed by atoms with Crippen LogP contribution in [0.5, 0.6) is 0 Å². The van der Waals surface area contributed by atoms with Crippen molar-refractivity contribution in [2.24, 2.45) is 0 Å². The Morgan fingerprint density at radius 2 is 1.35 bits per heavy atom. The van der Waals surface area contributed by atoms with E-state index in [1.165, 1.54) is 5.06 Å². The number of hydrogen-bond donors (Lipinski definition) is 2. The lowest BCUT2D eigenvalue weighted by atomic mass is 9.79. The molecular formula is C22H27N3O. The summed E-state index contributed by atoms with van der Waals surface area (Å²) < 4.78 is 0. The van der Waals surface area contributed by atoms with Crippen molar-refractivity contribution in [1.82, 2.24) is 10.0 Å². The zero-order valence-electron chi connectivity index (χ0n) is 16.0. The van der Waals surface area contributed by atoms with Gasteiger partial charge in [0.25, 0.3) is 0 Å². The van der Waals surface area contributed by atoms with Gasteiger partial charge in [-0.3, -0.25) is 0 Å². The van der Waals surface area contributed by atoms with Crippen molar-refractivity contribution in [3.8, 4) is 0 Å². The lowest BCUT2D eigenvalue weighted by Crippen LogP contribution is -2.61. The number of benzene rings is 2. The summed E-state index contributed by atoms with van der Waals surface area (Å²) in [5.74, 6) is 0. The largest absolute Gasteiger partial charge is 0.381 e. The van der Waals surface area contributed by atoms with Gasteiger partial charge < -0.3 is 10.5 Å². The summed E-state index contributed by atoms with van der Waals surface area (Å²) in [6.07, 6.45) is 1.75. The predicted octanol–water partition coefficient (Wildman–Crippen LogP) is 5.21. The molecule has 0 saturated carbocycles. The van der Waals surface area contributed by atoms with Crippen molar-refractivity contribution in [3.63, 3.8) is 0 Å². The van der Waals surface area contributed by atoms with Gasteiger partial charge in [0.1, 0.15) is 0 Å². The number of nitrogens with zero attached hydrogens (tertiary/aromatic N) is 2. The second kappa shape index (κ2) is 5.93. The van der Waals surface area contributed by atoms with Crippen molar-refractivity contribution in [1.29, 1.82) is 0 Å². The van der Waals surface area contributed by atoms with E-state index in [2.05, 4.69) is 69.4 Å². The Morgan fingerprint density at radius 1 is 0.885 bits per heavy atom. The number of hydrogen-bond acceptors (Lipinski definition) is 4. The Balaban J connectivity index is 1.81. The molecule has 0 bridgehead atoms. The van der Waals surface area contributed by atoms with Gasteiger partial charge in [0, 0.05) is 27.9 Å². The molecule has 2 N–H and O–H groups in total. The molecule has 4 nitrogen and oxygen atoms in total. The molecule has 0 radical (unpaired) electrons. The van der Waals surface area contributed by atoms with Crippen LogP contribution in [0.15, 0.2) is 48.5 Å². The average Bonchev–Trinajstić information content (AvgIpc) is 2.59. The summed E-state index contributed by atoms with van der Waals surface area (Å²) in [4.78, 5) is 4.81. The van der Waals surface area contributed by atoms with Crippen LogP contribution in [0.4, 0.5) is 5.69 Å². The van der Waals surface area contributed by atoms with Gasteiger partial charge in [-0.15, -0.1) is 0 Å². The molecule has 0 unspecified atom stereocenters. The zero-order valence-corrected chi connectivity index (χ0v) is 16.0. The van der Waals surface area contributed by atoms with Crippen LogP contribution in [-0.4, -0.2) is 32.4 Å². The van der Waals surface area contributed by atoms with Crippen LogP contribution in [0.2, 0.25) is 0 Å². The van der Waals surface area contributed by atoms with Gasteiger partial charge in [-0.05, 0) is 52.7 Å². The Kier molecular flexibility index (Phi) is 3.94. The van der Waals surface area contributed by atoms with E-state index in [9.17, 15) is 5.21 Å². The lowest BCUT2D eigenvalue weighted by molar-refractivity contribution is -0.243. The second-order valence-corrected chi connectivity index (χ2v) is 8.71. The SMILES string of the molecule is CC1(C)CC(Nc2c3ccccc3nc3ccccc23)CC(C)(C)N1O. The average molecular weight is 349 g/mol. The van der Waals surface area contributed by atoms with Crippen molar-refractivity contribution in [3.05, 3.63) is 48.5 Å². The number of hydroxylamine groups is 2. The lowest BCUT2D eigenvalue weighted by Gasteiger charge is -2.51. The van der Waals surface area contributed by atoms with Gasteiger partial charge in [-0.25, -0.2) is 4.98 Å². The fraction of sp³-hybridized carbons (Fsp3) is 0.409. The van der Waals surface area contributed by atoms with E-state index < -0.39 is 0 Å². The summed E-state index contributed by atoms with van der Waals surface area (Å²) in [5.41, 5.74) is 2.60. The van der Waals surface area contributed by atoms with Crippen LogP contribution >= 0.6 is 0 Å². The van der Waals surface area contributed by atoms with Crippen LogP contribution in [0.3, 0.4) is 0 Å². The fourth-order valence-corrected chi connectivity index (χ4v) is 4.57. The fourth-order valence-electron chi connectivity index (χ4n) is 4.57. The first-order chi connectivity index (χ1) is 12.3. The highest BCUT2D eigenvalue weighted by Crippen LogP contribution is 2.39. The van der Waals surface area contributed by atoms with Gasteiger partial charge in [0.05, 0.1) is 16.7 Å². The molecule has 0 atom stereocenters. The van der Waals surface area contributed by atoms with Crippen LogP contribution in [-0.2, 0) is 0 Å². The van der Waals surface area contributed by atoms with Gasteiger partial charge in [-0.2, -0.15) is 5.06 Å². The van der Waals surface area contributed by atoms with Gasteiger partial charge >= 0.3 is 0 Å². The van der Waals surface area contributed by atoms with E-state index in [4.69, 9.17) is 4.98 Å². The highest BCUT2D eigenvalue weighted by Gasteiger charge is 2.45. The topological polar surface area (TPSA) is 48.4 Å². The molecule has 4 heteroatoms. The molecule has 2 aromatic carbocycles. The molecule has 3 aromatic rings. The number of anilines is 1. The van der Waals surface area contributed by atoms with E-state index in [0.29, 0.717) is 0 Å². The molecule has 0 amide bonds. The minimum absolute atomic E-state index is 0.276. The normalized spacial score (nSPS) is 20.5. The first-order valence-corrected chi connectivity index (χ1v) is 9.31. The quantitative estimate of drug-likeness (QED) is 0.624. The van der Waals surface area contributed by atoms with Gasteiger partial charge in [0.2, 0.25) is 0 Å². The molecule has 26 heavy (non-hydrogen) atoms. The maximum atomic E-state index is 10.6. The monoisotopic (exact) mass is 349 g/mol. The second-order valence-electron chi connectivity index (χ2n) is 8.71. The van der Waals surface area contributed by atoms with Crippen LogP contribution in [0.25, 0.3) is 21.8 Å². The molecule has 1 saturated heterocycles. The summed E-state index contributed by atoms with van der Waals surface area (Å²) >= 11 is 0. The summed E-state index contributed by atoms with van der Waals surface area (Å²) in [6, 6.07) is 16.9. The van der Waals surface area contributed by atoms with Crippen molar-refractivity contribution < 1.29 is 5.21 Å². The Labute approximate surface area is 154 Å². The summed E-state index contributed by atoms with van der Waals surface area (Å²) in [6.45, 7) is 8.41. The number of para-hydroxylation sites is 2. The highest BCUT2D eigenvalue weighted by atomic mass is 16.5. The smallest absolute Gasteiger partial charge is 0.0730 e. The van der Waals surface area contributed by atoms with Crippen LogP contribution < -0.4 is 5.32 Å². The van der Waals surface area contributed by atoms with Crippen molar-refractivity contribution in [2.45, 2.75) is 57.7 Å². The van der Waals surface area contributed by atoms with Crippen LogP contribution in [0, 0.1) is 0 Å². The Bertz CT molecular complexity index is 892. The first kappa shape index (κ1) is 17.3. The molecule has 0 spiro atoms. The third-order valence-corrected chi connectivity index (χ3v) is 5.57. The minimum atomic E-state index is -0.280. The number of aromatic nitrogens is 1. The molecule has 2 heterocycles. The van der Waals surface area contributed by atoms with E-state index in [-0.39, 0.29) is 17.1 Å². The van der Waals surface area contributed by atoms with E-state index >= 15 is 0 Å². The molecule has 136 valence electrons. The van der Waals surface area contributed by atoms with Crippen molar-refractivity contribution in [2.75, 3.05) is 5.32 Å². The predicted molar refractivity (Wildman–Crippen MR) is 108 cm³/mol. The number of rotatable bonds is 2. The standard InChI is InChI=1S/C22H27N3O/c1-21(2)13-15(14-22(3,4)25(21)26)23-20-16-9-5-7-11-18(16)24-19-12-8-6-10-17(19)20/h5-12,15,26H,13-14H2,1-4H3,(H,23,24). The number of nitrogens with one attached hydrogen (secondary N) is 1. The van der Waals surface area contributed by atoms with Gasteiger partial charge in [0.15, 0.2) is 0 Å². The molecule has 1 fully saturated rings. The Hall–Kier alpha value is -2.17.